The Morgan fingerprint density at radius 1 is 1.05 bits per heavy atom. The number of anilines is 1. The van der Waals surface area contributed by atoms with Crippen LogP contribution in [0, 0.1) is 31.6 Å². The number of halogens is 3. The van der Waals surface area contributed by atoms with Crippen LogP contribution in [0.2, 0.25) is 0 Å². The summed E-state index contributed by atoms with van der Waals surface area (Å²) in [6.07, 6.45) is 1.86. The smallest absolute Gasteiger partial charge is 0.322 e. The molecule has 5 rings (SSSR count). The predicted octanol–water partition coefficient (Wildman–Crippen LogP) is 5.90. The molecule has 4 aromatic rings. The van der Waals surface area contributed by atoms with Crippen LogP contribution < -0.4 is 5.32 Å². The summed E-state index contributed by atoms with van der Waals surface area (Å²) < 4.78 is 42.2. The molecular formula is C29H24F3N5O. The molecule has 1 aliphatic carbocycles. The van der Waals surface area contributed by atoms with Crippen LogP contribution in [0.3, 0.4) is 0 Å². The summed E-state index contributed by atoms with van der Waals surface area (Å²) in [6.45, 7) is 3.60. The minimum atomic E-state index is -4.59. The number of alkyl halides is 3. The van der Waals surface area contributed by atoms with Crippen molar-refractivity contribution in [3.05, 3.63) is 100 Å². The Morgan fingerprint density at radius 3 is 2.53 bits per heavy atom. The highest BCUT2D eigenvalue weighted by Crippen LogP contribution is 2.33. The zero-order valence-electron chi connectivity index (χ0n) is 20.8. The van der Waals surface area contributed by atoms with Crippen molar-refractivity contribution in [2.75, 3.05) is 5.32 Å². The normalized spacial score (nSPS) is 13.1. The molecule has 1 saturated carbocycles. The summed E-state index contributed by atoms with van der Waals surface area (Å²) in [5.74, 6) is 6.17. The number of nitrogens with one attached hydrogen (secondary N) is 1. The van der Waals surface area contributed by atoms with Crippen LogP contribution in [0.4, 0.5) is 18.9 Å². The average molecular weight is 516 g/mol. The van der Waals surface area contributed by atoms with Gasteiger partial charge in [0.2, 0.25) is 0 Å². The molecule has 1 aliphatic rings. The Bertz CT molecular complexity index is 1560. The number of aryl methyl sites for hydroxylation is 2. The van der Waals surface area contributed by atoms with Gasteiger partial charge in [0.05, 0.1) is 23.3 Å². The highest BCUT2D eigenvalue weighted by atomic mass is 19.4. The minimum absolute atomic E-state index is 0.0148. The van der Waals surface area contributed by atoms with Crippen LogP contribution in [0.15, 0.2) is 61.1 Å². The fourth-order valence-electron chi connectivity index (χ4n) is 3.94. The quantitative estimate of drug-likeness (QED) is 0.336. The fourth-order valence-corrected chi connectivity index (χ4v) is 3.94. The molecule has 1 fully saturated rings. The van der Waals surface area contributed by atoms with Crippen molar-refractivity contribution < 1.29 is 18.0 Å². The van der Waals surface area contributed by atoms with Gasteiger partial charge in [-0.05, 0) is 93.0 Å². The molecule has 2 aromatic carbocycles. The first-order valence-corrected chi connectivity index (χ1v) is 12.1. The van der Waals surface area contributed by atoms with Crippen LogP contribution in [-0.2, 0) is 12.6 Å². The van der Waals surface area contributed by atoms with E-state index < -0.39 is 17.6 Å². The third-order valence-corrected chi connectivity index (χ3v) is 6.25. The van der Waals surface area contributed by atoms with E-state index in [-0.39, 0.29) is 16.9 Å². The lowest BCUT2D eigenvalue weighted by molar-refractivity contribution is -0.137. The summed E-state index contributed by atoms with van der Waals surface area (Å²) in [6, 6.07) is 12.1. The topological polar surface area (TPSA) is 72.7 Å². The lowest BCUT2D eigenvalue weighted by Gasteiger charge is -2.14. The van der Waals surface area contributed by atoms with Gasteiger partial charge in [-0.1, -0.05) is 12.0 Å². The maximum absolute atomic E-state index is 13.6. The van der Waals surface area contributed by atoms with E-state index in [0.29, 0.717) is 17.0 Å². The van der Waals surface area contributed by atoms with E-state index in [1.807, 2.05) is 19.1 Å². The molecular weight excluding hydrogens is 491 g/mol. The molecule has 0 spiro atoms. The number of carbonyl (C=O) groups is 1. The molecule has 1 amide bonds. The molecule has 0 atom stereocenters. The number of aromatic nitrogens is 4. The van der Waals surface area contributed by atoms with Gasteiger partial charge in [0.1, 0.15) is 5.69 Å². The highest BCUT2D eigenvalue weighted by Gasteiger charge is 2.31. The molecule has 192 valence electrons. The van der Waals surface area contributed by atoms with Gasteiger partial charge < -0.3 is 9.88 Å². The van der Waals surface area contributed by atoms with E-state index >= 15 is 0 Å². The molecule has 2 heterocycles. The standard InChI is InChI=1S/C29H24F3N5O/c1-18-3-6-22(12-21(18)7-8-24-9-10-25(36-35-24)11-20-4-5-20)28(38)34-26-13-23(29(30,31)32)14-27(15-26)37-16-19(2)33-17-37/h3,6,9-10,12-17,20H,4-5,11H2,1-2H3,(H,34,38). The number of amides is 1. The fraction of sp³-hybridized carbons (Fsp3) is 0.241. The molecule has 0 aliphatic heterocycles. The summed E-state index contributed by atoms with van der Waals surface area (Å²) >= 11 is 0. The summed E-state index contributed by atoms with van der Waals surface area (Å²) in [5, 5.41) is 11.0. The third-order valence-electron chi connectivity index (χ3n) is 6.25. The first-order chi connectivity index (χ1) is 18.1. The van der Waals surface area contributed by atoms with Crippen molar-refractivity contribution in [3.8, 4) is 17.5 Å². The first kappa shape index (κ1) is 25.2. The van der Waals surface area contributed by atoms with Crippen LogP contribution >= 0.6 is 0 Å². The number of imidazole rings is 1. The van der Waals surface area contributed by atoms with Gasteiger partial charge in [-0.15, -0.1) is 5.10 Å². The Kier molecular flexibility index (Phi) is 6.72. The largest absolute Gasteiger partial charge is 0.416 e. The van der Waals surface area contributed by atoms with Gasteiger partial charge in [-0.25, -0.2) is 4.98 Å². The van der Waals surface area contributed by atoms with Crippen molar-refractivity contribution >= 4 is 11.6 Å². The zero-order valence-corrected chi connectivity index (χ0v) is 20.8. The molecule has 0 radical (unpaired) electrons. The second-order valence-corrected chi connectivity index (χ2v) is 9.48. The van der Waals surface area contributed by atoms with Crippen LogP contribution in [-0.4, -0.2) is 25.7 Å². The number of carbonyl (C=O) groups excluding carboxylic acids is 1. The molecule has 9 heteroatoms. The Hall–Kier alpha value is -4.45. The van der Waals surface area contributed by atoms with Crippen molar-refractivity contribution in [2.24, 2.45) is 5.92 Å². The Labute approximate surface area is 218 Å². The lowest BCUT2D eigenvalue weighted by atomic mass is 10.0. The predicted molar refractivity (Wildman–Crippen MR) is 137 cm³/mol. The second-order valence-electron chi connectivity index (χ2n) is 9.48. The number of hydrogen-bond acceptors (Lipinski definition) is 4. The van der Waals surface area contributed by atoms with E-state index in [1.165, 1.54) is 29.8 Å². The number of nitrogens with zero attached hydrogens (tertiary/aromatic N) is 4. The maximum Gasteiger partial charge on any atom is 0.416 e. The van der Waals surface area contributed by atoms with Crippen LogP contribution in [0.1, 0.15) is 57.0 Å². The number of hydrogen-bond donors (Lipinski definition) is 1. The lowest BCUT2D eigenvalue weighted by Crippen LogP contribution is -2.14. The SMILES string of the molecule is Cc1cn(-c2cc(NC(=O)c3ccc(C)c(C#Cc4ccc(CC5CC5)nn4)c3)cc(C(F)(F)F)c2)cn1. The molecule has 0 bridgehead atoms. The summed E-state index contributed by atoms with van der Waals surface area (Å²) in [4.78, 5) is 17.1. The van der Waals surface area contributed by atoms with Gasteiger partial charge >= 0.3 is 6.18 Å². The molecule has 1 N–H and O–H groups in total. The molecule has 38 heavy (non-hydrogen) atoms. The Morgan fingerprint density at radius 2 is 1.87 bits per heavy atom. The second kappa shape index (κ2) is 10.1. The minimum Gasteiger partial charge on any atom is -0.322 e. The van der Waals surface area contributed by atoms with Crippen molar-refractivity contribution in [1.82, 2.24) is 19.7 Å². The Balaban J connectivity index is 1.37. The van der Waals surface area contributed by atoms with E-state index in [9.17, 15) is 18.0 Å². The molecule has 2 aromatic heterocycles. The van der Waals surface area contributed by atoms with E-state index in [4.69, 9.17) is 0 Å². The van der Waals surface area contributed by atoms with Gasteiger partial charge in [0, 0.05) is 28.7 Å². The summed E-state index contributed by atoms with van der Waals surface area (Å²) in [5.41, 5.74) is 3.22. The van der Waals surface area contributed by atoms with Gasteiger partial charge in [-0.3, -0.25) is 4.79 Å². The third kappa shape index (κ3) is 6.09. The summed E-state index contributed by atoms with van der Waals surface area (Å²) in [7, 11) is 0. The van der Waals surface area contributed by atoms with Crippen LogP contribution in [0.25, 0.3) is 5.69 Å². The molecule has 0 saturated heterocycles. The first-order valence-electron chi connectivity index (χ1n) is 12.1. The number of rotatable bonds is 5. The molecule has 6 nitrogen and oxygen atoms in total. The maximum atomic E-state index is 13.6. The van der Waals surface area contributed by atoms with Gasteiger partial charge in [0.15, 0.2) is 0 Å². The van der Waals surface area contributed by atoms with E-state index in [2.05, 4.69) is 32.3 Å². The van der Waals surface area contributed by atoms with Crippen LogP contribution in [0.5, 0.6) is 0 Å². The van der Waals surface area contributed by atoms with Crippen molar-refractivity contribution in [1.29, 1.82) is 0 Å². The zero-order chi connectivity index (χ0) is 26.9. The van der Waals surface area contributed by atoms with E-state index in [1.54, 1.807) is 31.3 Å². The highest BCUT2D eigenvalue weighted by molar-refractivity contribution is 6.04. The monoisotopic (exact) mass is 515 g/mol. The average Bonchev–Trinajstić information content (AvgIpc) is 3.59. The van der Waals surface area contributed by atoms with E-state index in [0.717, 1.165) is 35.7 Å². The van der Waals surface area contributed by atoms with Gasteiger partial charge in [-0.2, -0.15) is 18.3 Å². The van der Waals surface area contributed by atoms with Gasteiger partial charge in [0.25, 0.3) is 5.91 Å². The molecule has 0 unspecified atom stereocenters. The number of benzene rings is 2. The van der Waals surface area contributed by atoms with Crippen molar-refractivity contribution in [2.45, 2.75) is 39.3 Å². The van der Waals surface area contributed by atoms with Crippen molar-refractivity contribution in [3.63, 3.8) is 0 Å².